The average Bonchev–Trinajstić information content (AvgIpc) is 2.80. The third-order valence-corrected chi connectivity index (χ3v) is 4.71. The predicted octanol–water partition coefficient (Wildman–Crippen LogP) is 2.45. The summed E-state index contributed by atoms with van der Waals surface area (Å²) in [7, 11) is 2.04. The summed E-state index contributed by atoms with van der Waals surface area (Å²) in [5.41, 5.74) is 2.54. The molecule has 0 radical (unpaired) electrons. The van der Waals surface area contributed by atoms with E-state index in [2.05, 4.69) is 30.4 Å². The number of nitrogens with zero attached hydrogens (tertiary/aromatic N) is 3. The Hall–Kier alpha value is -1.17. The third kappa shape index (κ3) is 3.05. The van der Waals surface area contributed by atoms with E-state index in [-0.39, 0.29) is 0 Å². The second kappa shape index (κ2) is 5.55. The molecule has 1 aromatic carbocycles. The molecule has 0 aliphatic carbocycles. The van der Waals surface area contributed by atoms with Gasteiger partial charge in [-0.05, 0) is 24.6 Å². The van der Waals surface area contributed by atoms with Crippen molar-refractivity contribution in [2.45, 2.75) is 25.5 Å². The summed E-state index contributed by atoms with van der Waals surface area (Å²) < 4.78 is 3.12. The maximum atomic E-state index is 10.8. The lowest BCUT2D eigenvalue weighted by molar-refractivity contribution is 0.0112. The Balaban J connectivity index is 1.73. The van der Waals surface area contributed by atoms with E-state index >= 15 is 0 Å². The summed E-state index contributed by atoms with van der Waals surface area (Å²) in [5, 5.41) is 10.8. The van der Waals surface area contributed by atoms with E-state index in [1.807, 2.05) is 44.6 Å². The molecule has 0 fully saturated rings. The van der Waals surface area contributed by atoms with E-state index in [4.69, 9.17) is 0 Å². The largest absolute Gasteiger partial charge is 0.384 e. The van der Waals surface area contributed by atoms with Gasteiger partial charge >= 0.3 is 0 Å². The Labute approximate surface area is 133 Å². The minimum absolute atomic E-state index is 0.616. The molecule has 0 saturated carbocycles. The van der Waals surface area contributed by atoms with Crippen molar-refractivity contribution in [1.29, 1.82) is 0 Å². The zero-order valence-corrected chi connectivity index (χ0v) is 14.0. The van der Waals surface area contributed by atoms with Crippen LogP contribution in [0.2, 0.25) is 0 Å². The number of fused-ring (bicyclic) bond motifs is 1. The fourth-order valence-corrected chi connectivity index (χ4v) is 3.25. The lowest BCUT2D eigenvalue weighted by Crippen LogP contribution is -2.41. The standard InChI is InChI=1S/C16H20BrN3O/c1-16(21,12-3-5-13(17)6-4-12)10-20-8-7-15-14(9-20)18-11-19(15)2/h3-6,11,21H,7-10H2,1-2H3/t16-/m0/s1. The highest BCUT2D eigenvalue weighted by Gasteiger charge is 2.29. The normalized spacial score (nSPS) is 18.3. The van der Waals surface area contributed by atoms with Gasteiger partial charge in [0.1, 0.15) is 0 Å². The Bertz CT molecular complexity index is 633. The first-order valence-electron chi connectivity index (χ1n) is 7.15. The van der Waals surface area contributed by atoms with E-state index in [1.165, 1.54) is 5.69 Å². The smallest absolute Gasteiger partial charge is 0.0994 e. The van der Waals surface area contributed by atoms with Crippen LogP contribution in [0, 0.1) is 0 Å². The van der Waals surface area contributed by atoms with Crippen LogP contribution in [0.15, 0.2) is 35.1 Å². The summed E-state index contributed by atoms with van der Waals surface area (Å²) in [4.78, 5) is 6.73. The van der Waals surface area contributed by atoms with Crippen molar-refractivity contribution >= 4 is 15.9 Å². The zero-order valence-electron chi connectivity index (χ0n) is 12.4. The van der Waals surface area contributed by atoms with Crippen LogP contribution < -0.4 is 0 Å². The van der Waals surface area contributed by atoms with Gasteiger partial charge in [-0.3, -0.25) is 4.90 Å². The van der Waals surface area contributed by atoms with Crippen LogP contribution >= 0.6 is 15.9 Å². The van der Waals surface area contributed by atoms with Gasteiger partial charge in [-0.25, -0.2) is 4.98 Å². The van der Waals surface area contributed by atoms with Gasteiger partial charge in [0.05, 0.1) is 17.6 Å². The number of hydrogen-bond donors (Lipinski definition) is 1. The van der Waals surface area contributed by atoms with Gasteiger partial charge < -0.3 is 9.67 Å². The molecule has 1 aliphatic rings. The molecule has 112 valence electrons. The molecule has 5 heteroatoms. The molecule has 0 spiro atoms. The van der Waals surface area contributed by atoms with E-state index in [9.17, 15) is 5.11 Å². The van der Waals surface area contributed by atoms with Crippen LogP contribution in [0.3, 0.4) is 0 Å². The Kier molecular flexibility index (Phi) is 3.90. The summed E-state index contributed by atoms with van der Waals surface area (Å²) in [5.74, 6) is 0. The second-order valence-electron chi connectivity index (χ2n) is 5.99. The SMILES string of the molecule is Cn1cnc2c1CCN(C[C@](C)(O)c1ccc(Br)cc1)C2. The van der Waals surface area contributed by atoms with Crippen molar-refractivity contribution in [3.63, 3.8) is 0 Å². The number of benzene rings is 1. The van der Waals surface area contributed by atoms with Crippen LogP contribution in [-0.2, 0) is 25.6 Å². The fraction of sp³-hybridized carbons (Fsp3) is 0.438. The highest BCUT2D eigenvalue weighted by molar-refractivity contribution is 9.10. The van der Waals surface area contributed by atoms with Gasteiger partial charge in [0.15, 0.2) is 0 Å². The van der Waals surface area contributed by atoms with Crippen LogP contribution in [0.1, 0.15) is 23.9 Å². The number of β-amino-alcohol motifs (C(OH)–C–C–N with tert-alkyl or cyclic N) is 1. The quantitative estimate of drug-likeness (QED) is 0.925. The minimum atomic E-state index is -0.854. The van der Waals surface area contributed by atoms with Gasteiger partial charge in [-0.15, -0.1) is 0 Å². The van der Waals surface area contributed by atoms with E-state index in [0.717, 1.165) is 35.2 Å². The summed E-state index contributed by atoms with van der Waals surface area (Å²) in [6.45, 7) is 4.26. The molecule has 1 aliphatic heterocycles. The number of hydrogen-bond acceptors (Lipinski definition) is 3. The van der Waals surface area contributed by atoms with Crippen LogP contribution in [0.4, 0.5) is 0 Å². The van der Waals surface area contributed by atoms with Crippen molar-refractivity contribution in [3.8, 4) is 0 Å². The maximum absolute atomic E-state index is 10.8. The Morgan fingerprint density at radius 1 is 1.33 bits per heavy atom. The first-order valence-corrected chi connectivity index (χ1v) is 7.95. The lowest BCUT2D eigenvalue weighted by atomic mass is 9.94. The van der Waals surface area contributed by atoms with Crippen molar-refractivity contribution < 1.29 is 5.11 Å². The molecule has 2 heterocycles. The first kappa shape index (κ1) is 14.8. The lowest BCUT2D eigenvalue weighted by Gasteiger charge is -2.34. The third-order valence-electron chi connectivity index (χ3n) is 4.18. The first-order chi connectivity index (χ1) is 9.95. The Morgan fingerprint density at radius 3 is 2.76 bits per heavy atom. The topological polar surface area (TPSA) is 41.3 Å². The maximum Gasteiger partial charge on any atom is 0.0994 e. The molecule has 1 atom stereocenters. The van der Waals surface area contributed by atoms with Gasteiger partial charge in [0.25, 0.3) is 0 Å². The van der Waals surface area contributed by atoms with Gasteiger partial charge in [0.2, 0.25) is 0 Å². The average molecular weight is 350 g/mol. The van der Waals surface area contributed by atoms with E-state index in [1.54, 1.807) is 0 Å². The molecule has 3 rings (SSSR count). The molecule has 0 unspecified atom stereocenters. The highest BCUT2D eigenvalue weighted by atomic mass is 79.9. The number of aliphatic hydroxyl groups is 1. The highest BCUT2D eigenvalue weighted by Crippen LogP contribution is 2.26. The van der Waals surface area contributed by atoms with E-state index in [0.29, 0.717) is 6.54 Å². The van der Waals surface area contributed by atoms with E-state index < -0.39 is 5.60 Å². The van der Waals surface area contributed by atoms with Crippen molar-refractivity contribution in [2.75, 3.05) is 13.1 Å². The Morgan fingerprint density at radius 2 is 2.05 bits per heavy atom. The van der Waals surface area contributed by atoms with Crippen LogP contribution in [0.5, 0.6) is 0 Å². The van der Waals surface area contributed by atoms with Gasteiger partial charge in [-0.1, -0.05) is 28.1 Å². The van der Waals surface area contributed by atoms with Crippen LogP contribution in [-0.4, -0.2) is 32.6 Å². The zero-order chi connectivity index (χ0) is 15.0. The molecule has 0 bridgehead atoms. The van der Waals surface area contributed by atoms with Crippen LogP contribution in [0.25, 0.3) is 0 Å². The second-order valence-corrected chi connectivity index (χ2v) is 6.91. The minimum Gasteiger partial charge on any atom is -0.384 e. The van der Waals surface area contributed by atoms with Crippen molar-refractivity contribution in [3.05, 3.63) is 52.0 Å². The fourth-order valence-electron chi connectivity index (χ4n) is 2.98. The molecular weight excluding hydrogens is 330 g/mol. The number of imidazole rings is 1. The molecule has 4 nitrogen and oxygen atoms in total. The molecule has 1 aromatic heterocycles. The molecule has 2 aromatic rings. The molecule has 0 saturated heterocycles. The number of halogens is 1. The number of rotatable bonds is 3. The summed E-state index contributed by atoms with van der Waals surface area (Å²) >= 11 is 3.43. The molecular formula is C16H20BrN3O. The van der Waals surface area contributed by atoms with Crippen molar-refractivity contribution in [1.82, 2.24) is 14.5 Å². The molecule has 0 amide bonds. The van der Waals surface area contributed by atoms with Gasteiger partial charge in [-0.2, -0.15) is 0 Å². The summed E-state index contributed by atoms with van der Waals surface area (Å²) in [6.07, 6.45) is 2.86. The molecule has 1 N–H and O–H groups in total. The predicted molar refractivity (Wildman–Crippen MR) is 85.9 cm³/mol. The van der Waals surface area contributed by atoms with Gasteiger partial charge in [0, 0.05) is 43.3 Å². The molecule has 21 heavy (non-hydrogen) atoms. The number of aryl methyl sites for hydroxylation is 1. The summed E-state index contributed by atoms with van der Waals surface area (Å²) in [6, 6.07) is 7.88. The van der Waals surface area contributed by atoms with Crippen molar-refractivity contribution in [2.24, 2.45) is 7.05 Å². The number of aromatic nitrogens is 2. The monoisotopic (exact) mass is 349 g/mol.